The molecular weight excluding hydrogens is 396 g/mol. The maximum absolute atomic E-state index is 12.6. The second-order valence-corrected chi connectivity index (χ2v) is 6.94. The number of benzene rings is 2. The Balaban J connectivity index is 1.95. The maximum atomic E-state index is 12.6. The molecule has 2 aromatic rings. The highest BCUT2D eigenvalue weighted by Crippen LogP contribution is 2.39. The average molecular weight is 429 g/mol. The number of carbonyl (C=O) groups excluding carboxylic acids is 2. The molecule has 0 aliphatic rings. The average Bonchev–Trinajstić information content (AvgIpc) is 2.75. The molecular formula is C24H32N2O5. The minimum atomic E-state index is -0.461. The monoisotopic (exact) mass is 428 g/mol. The van der Waals surface area contributed by atoms with E-state index in [9.17, 15) is 9.59 Å². The summed E-state index contributed by atoms with van der Waals surface area (Å²) in [4.78, 5) is 24.7. The summed E-state index contributed by atoms with van der Waals surface area (Å²) >= 11 is 0. The van der Waals surface area contributed by atoms with Crippen molar-refractivity contribution in [3.05, 3.63) is 53.1 Å². The second kappa shape index (κ2) is 12.5. The van der Waals surface area contributed by atoms with Gasteiger partial charge in [-0.1, -0.05) is 29.8 Å². The molecule has 7 heteroatoms. The molecule has 0 unspecified atom stereocenters. The van der Waals surface area contributed by atoms with Gasteiger partial charge >= 0.3 is 0 Å². The number of hydrogen-bond acceptors (Lipinski definition) is 5. The Morgan fingerprint density at radius 3 is 1.97 bits per heavy atom. The molecule has 2 rings (SSSR count). The normalized spacial score (nSPS) is 10.3. The van der Waals surface area contributed by atoms with Gasteiger partial charge in [0.2, 0.25) is 11.7 Å². The van der Waals surface area contributed by atoms with Crippen LogP contribution in [-0.2, 0) is 11.2 Å². The number of rotatable bonds is 11. The molecule has 0 saturated heterocycles. The lowest BCUT2D eigenvalue weighted by Crippen LogP contribution is -2.41. The number of hydrogen-bond donors (Lipinski definition) is 2. The largest absolute Gasteiger partial charge is 0.490 e. The van der Waals surface area contributed by atoms with Crippen LogP contribution in [0.3, 0.4) is 0 Å². The van der Waals surface area contributed by atoms with E-state index < -0.39 is 5.91 Å². The molecule has 0 spiro atoms. The fourth-order valence-corrected chi connectivity index (χ4v) is 2.99. The topological polar surface area (TPSA) is 85.9 Å². The molecule has 0 fully saturated rings. The zero-order valence-electron chi connectivity index (χ0n) is 18.7. The maximum Gasteiger partial charge on any atom is 0.269 e. The summed E-state index contributed by atoms with van der Waals surface area (Å²) in [7, 11) is 0. The minimum absolute atomic E-state index is 0.249. The summed E-state index contributed by atoms with van der Waals surface area (Å²) < 4.78 is 16.9. The van der Waals surface area contributed by atoms with Crippen molar-refractivity contribution in [2.75, 3.05) is 19.8 Å². The highest BCUT2D eigenvalue weighted by molar-refractivity contribution is 5.96. The molecule has 0 saturated carbocycles. The number of amides is 2. The molecule has 2 aromatic carbocycles. The summed E-state index contributed by atoms with van der Waals surface area (Å²) in [6.07, 6.45) is 1.80. The standard InChI is InChI=1S/C24H32N2O5/c1-5-29-20-15-19(16-21(30-6-2)23(20)31-7-3)24(28)26-25-22(27)10-8-9-18-13-11-17(4)12-14-18/h11-16H,5-10H2,1-4H3,(H,25,27)(H,26,28). The van der Waals surface area contributed by atoms with Gasteiger partial charge in [0.15, 0.2) is 11.5 Å². The van der Waals surface area contributed by atoms with Crippen molar-refractivity contribution in [1.82, 2.24) is 10.9 Å². The van der Waals surface area contributed by atoms with Gasteiger partial charge in [-0.05, 0) is 58.2 Å². The summed E-state index contributed by atoms with van der Waals surface area (Å²) in [5.41, 5.74) is 7.61. The van der Waals surface area contributed by atoms with E-state index in [1.165, 1.54) is 11.1 Å². The van der Waals surface area contributed by atoms with Gasteiger partial charge in [-0.2, -0.15) is 0 Å². The van der Waals surface area contributed by atoms with Crippen LogP contribution in [-0.4, -0.2) is 31.6 Å². The summed E-state index contributed by atoms with van der Waals surface area (Å²) in [5, 5.41) is 0. The zero-order valence-corrected chi connectivity index (χ0v) is 18.7. The van der Waals surface area contributed by atoms with E-state index in [0.29, 0.717) is 55.5 Å². The van der Waals surface area contributed by atoms with E-state index >= 15 is 0 Å². The smallest absolute Gasteiger partial charge is 0.269 e. The van der Waals surface area contributed by atoms with Crippen LogP contribution in [0.5, 0.6) is 17.2 Å². The Morgan fingerprint density at radius 2 is 1.42 bits per heavy atom. The third-order valence-corrected chi connectivity index (χ3v) is 4.48. The molecule has 0 aliphatic heterocycles. The third kappa shape index (κ3) is 7.51. The molecule has 0 aromatic heterocycles. The van der Waals surface area contributed by atoms with E-state index in [1.807, 2.05) is 27.7 Å². The summed E-state index contributed by atoms with van der Waals surface area (Å²) in [6, 6.07) is 11.4. The highest BCUT2D eigenvalue weighted by atomic mass is 16.5. The first-order chi connectivity index (χ1) is 15.0. The molecule has 168 valence electrons. The van der Waals surface area contributed by atoms with Crippen LogP contribution in [0.25, 0.3) is 0 Å². The predicted octanol–water partition coefficient (Wildman–Crippen LogP) is 3.98. The van der Waals surface area contributed by atoms with Gasteiger partial charge in [0.25, 0.3) is 5.91 Å². The van der Waals surface area contributed by atoms with Crippen LogP contribution in [0.4, 0.5) is 0 Å². The third-order valence-electron chi connectivity index (χ3n) is 4.48. The van der Waals surface area contributed by atoms with E-state index in [2.05, 4.69) is 35.1 Å². The summed E-state index contributed by atoms with van der Waals surface area (Å²) in [5.74, 6) is 0.593. The number of hydrazine groups is 1. The van der Waals surface area contributed by atoms with E-state index in [0.717, 1.165) is 6.42 Å². The number of ether oxygens (including phenoxy) is 3. The fraction of sp³-hybridized carbons (Fsp3) is 0.417. The minimum Gasteiger partial charge on any atom is -0.490 e. The van der Waals surface area contributed by atoms with Crippen LogP contribution in [0, 0.1) is 6.92 Å². The molecule has 2 N–H and O–H groups in total. The molecule has 31 heavy (non-hydrogen) atoms. The SMILES string of the molecule is CCOc1cc(C(=O)NNC(=O)CCCc2ccc(C)cc2)cc(OCC)c1OCC. The lowest BCUT2D eigenvalue weighted by molar-refractivity contribution is -0.121. The second-order valence-electron chi connectivity index (χ2n) is 6.94. The van der Waals surface area contributed by atoms with Crippen molar-refractivity contribution in [3.63, 3.8) is 0 Å². The van der Waals surface area contributed by atoms with Crippen LogP contribution >= 0.6 is 0 Å². The Hall–Kier alpha value is -3.22. The molecule has 0 radical (unpaired) electrons. The Kier molecular flexibility index (Phi) is 9.68. The summed E-state index contributed by atoms with van der Waals surface area (Å²) in [6.45, 7) is 8.85. The Bertz CT molecular complexity index is 838. The molecule has 0 aliphatic carbocycles. The zero-order chi connectivity index (χ0) is 22.6. The molecule has 7 nitrogen and oxygen atoms in total. The van der Waals surface area contributed by atoms with Crippen LogP contribution in [0.15, 0.2) is 36.4 Å². The quantitative estimate of drug-likeness (QED) is 0.529. The Morgan fingerprint density at radius 1 is 0.839 bits per heavy atom. The van der Waals surface area contributed by atoms with Crippen molar-refractivity contribution < 1.29 is 23.8 Å². The van der Waals surface area contributed by atoms with Crippen LogP contribution < -0.4 is 25.1 Å². The van der Waals surface area contributed by atoms with Crippen molar-refractivity contribution in [2.24, 2.45) is 0 Å². The van der Waals surface area contributed by atoms with Crippen molar-refractivity contribution in [3.8, 4) is 17.2 Å². The first-order valence-corrected chi connectivity index (χ1v) is 10.7. The van der Waals surface area contributed by atoms with Gasteiger partial charge in [-0.3, -0.25) is 20.4 Å². The lowest BCUT2D eigenvalue weighted by Gasteiger charge is -2.17. The predicted molar refractivity (Wildman–Crippen MR) is 120 cm³/mol. The van der Waals surface area contributed by atoms with Crippen molar-refractivity contribution in [1.29, 1.82) is 0 Å². The van der Waals surface area contributed by atoms with Gasteiger partial charge in [-0.25, -0.2) is 0 Å². The first kappa shape index (κ1) is 24.1. The number of nitrogens with one attached hydrogen (secondary N) is 2. The lowest BCUT2D eigenvalue weighted by atomic mass is 10.1. The number of aryl methyl sites for hydroxylation is 2. The van der Waals surface area contributed by atoms with Gasteiger partial charge in [0, 0.05) is 12.0 Å². The Labute approximate surface area is 184 Å². The highest BCUT2D eigenvalue weighted by Gasteiger charge is 2.18. The first-order valence-electron chi connectivity index (χ1n) is 10.7. The van der Waals surface area contributed by atoms with Crippen LogP contribution in [0.2, 0.25) is 0 Å². The fourth-order valence-electron chi connectivity index (χ4n) is 2.99. The molecule has 2 amide bonds. The van der Waals surface area contributed by atoms with Crippen LogP contribution in [0.1, 0.15) is 55.1 Å². The van der Waals surface area contributed by atoms with Gasteiger partial charge in [-0.15, -0.1) is 0 Å². The van der Waals surface area contributed by atoms with E-state index in [4.69, 9.17) is 14.2 Å². The van der Waals surface area contributed by atoms with Crippen molar-refractivity contribution in [2.45, 2.75) is 47.0 Å². The van der Waals surface area contributed by atoms with Gasteiger partial charge in [0.1, 0.15) is 0 Å². The number of carbonyl (C=O) groups is 2. The molecule has 0 atom stereocenters. The molecule has 0 bridgehead atoms. The van der Waals surface area contributed by atoms with E-state index in [-0.39, 0.29) is 5.91 Å². The van der Waals surface area contributed by atoms with Crippen molar-refractivity contribution >= 4 is 11.8 Å². The molecule has 0 heterocycles. The van der Waals surface area contributed by atoms with Gasteiger partial charge < -0.3 is 14.2 Å². The van der Waals surface area contributed by atoms with Gasteiger partial charge in [0.05, 0.1) is 19.8 Å². The van der Waals surface area contributed by atoms with E-state index in [1.54, 1.807) is 12.1 Å².